The third-order valence-corrected chi connectivity index (χ3v) is 0.640. The normalized spacial score (nSPS) is 12.8. The summed E-state index contributed by atoms with van der Waals surface area (Å²) in [7, 11) is 0. The fourth-order valence-corrected chi connectivity index (χ4v) is 0.357. The van der Waals surface area contributed by atoms with E-state index in [4.69, 9.17) is 5.11 Å². The number of rotatable bonds is 3. The largest absolute Gasteiger partial charge is 0.466 e. The van der Waals surface area contributed by atoms with Gasteiger partial charge in [-0.3, -0.25) is 4.79 Å². The van der Waals surface area contributed by atoms with Crippen LogP contribution in [0, 0.1) is 0 Å². The third-order valence-electron chi connectivity index (χ3n) is 0.640. The van der Waals surface area contributed by atoms with E-state index in [9.17, 15) is 9.18 Å². The van der Waals surface area contributed by atoms with Gasteiger partial charge in [0.15, 0.2) is 0 Å². The molecule has 0 spiro atoms. The number of esters is 1. The Kier molecular flexibility index (Phi) is 3.96. The molecule has 0 aromatic carbocycles. The van der Waals surface area contributed by atoms with Gasteiger partial charge in [-0.05, 0) is 6.92 Å². The molecule has 9 heavy (non-hydrogen) atoms. The Hall–Kier alpha value is -0.640. The monoisotopic (exact) mass is 136 g/mol. The lowest BCUT2D eigenvalue weighted by Gasteiger charge is -1.99. The van der Waals surface area contributed by atoms with E-state index in [2.05, 4.69) is 4.74 Å². The summed E-state index contributed by atoms with van der Waals surface area (Å²) in [5.41, 5.74) is 0. The van der Waals surface area contributed by atoms with E-state index in [0.29, 0.717) is 0 Å². The maximum absolute atomic E-state index is 11.5. The minimum atomic E-state index is -2.09. The summed E-state index contributed by atoms with van der Waals surface area (Å²) in [5, 5.41) is 7.98. The predicted molar refractivity (Wildman–Crippen MR) is 28.4 cm³/mol. The van der Waals surface area contributed by atoms with E-state index in [1.165, 1.54) is 0 Å². The number of aliphatic hydroxyl groups is 1. The fourth-order valence-electron chi connectivity index (χ4n) is 0.357. The quantitative estimate of drug-likeness (QED) is 0.565. The van der Waals surface area contributed by atoms with E-state index < -0.39 is 18.7 Å². The van der Waals surface area contributed by atoms with Crippen molar-refractivity contribution in [3.63, 3.8) is 0 Å². The van der Waals surface area contributed by atoms with Crippen LogP contribution in [0.25, 0.3) is 0 Å². The van der Waals surface area contributed by atoms with E-state index >= 15 is 0 Å². The molecule has 1 unspecified atom stereocenters. The Bertz CT molecular complexity index is 92.2. The Labute approximate surface area is 52.4 Å². The van der Waals surface area contributed by atoms with E-state index in [1.54, 1.807) is 6.92 Å². The van der Waals surface area contributed by atoms with Crippen LogP contribution in [0.15, 0.2) is 0 Å². The van der Waals surface area contributed by atoms with E-state index in [0.717, 1.165) is 0 Å². The molecule has 4 heteroatoms. The molecule has 0 aliphatic heterocycles. The number of carbonyl (C=O) groups is 1. The molecule has 0 rings (SSSR count). The first-order valence-corrected chi connectivity index (χ1v) is 2.64. The van der Waals surface area contributed by atoms with Crippen LogP contribution < -0.4 is 0 Å². The van der Waals surface area contributed by atoms with Gasteiger partial charge in [0, 0.05) is 0 Å². The van der Waals surface area contributed by atoms with Crippen molar-refractivity contribution < 1.29 is 19.0 Å². The molecule has 0 fully saturated rings. The van der Waals surface area contributed by atoms with E-state index in [-0.39, 0.29) is 6.61 Å². The molecule has 0 aromatic rings. The van der Waals surface area contributed by atoms with Gasteiger partial charge in [0.05, 0.1) is 6.61 Å². The van der Waals surface area contributed by atoms with Gasteiger partial charge in [0.1, 0.15) is 6.42 Å². The van der Waals surface area contributed by atoms with Crippen LogP contribution in [0.5, 0.6) is 0 Å². The lowest BCUT2D eigenvalue weighted by atomic mass is 10.4. The number of ether oxygens (including phenoxy) is 1. The molecule has 0 aliphatic carbocycles. The van der Waals surface area contributed by atoms with Crippen molar-refractivity contribution in [3.05, 3.63) is 0 Å². The molecule has 0 bridgehead atoms. The molecule has 0 radical (unpaired) electrons. The van der Waals surface area contributed by atoms with Crippen LogP contribution in [-0.2, 0) is 9.53 Å². The summed E-state index contributed by atoms with van der Waals surface area (Å²) in [4.78, 5) is 10.2. The summed E-state index contributed by atoms with van der Waals surface area (Å²) >= 11 is 0. The van der Waals surface area contributed by atoms with Crippen molar-refractivity contribution in [2.75, 3.05) is 6.61 Å². The summed E-state index contributed by atoms with van der Waals surface area (Å²) in [6.45, 7) is 1.83. The van der Waals surface area contributed by atoms with Gasteiger partial charge in [-0.15, -0.1) is 0 Å². The number of aliphatic hydroxyl groups excluding tert-OH is 1. The van der Waals surface area contributed by atoms with Gasteiger partial charge in [0.25, 0.3) is 0 Å². The van der Waals surface area contributed by atoms with Crippen LogP contribution in [0.1, 0.15) is 13.3 Å². The molecular formula is C5H9FO3. The minimum absolute atomic E-state index is 0.214. The highest BCUT2D eigenvalue weighted by atomic mass is 19.1. The van der Waals surface area contributed by atoms with Gasteiger partial charge in [0.2, 0.25) is 6.36 Å². The lowest BCUT2D eigenvalue weighted by molar-refractivity contribution is -0.147. The molecule has 0 saturated heterocycles. The van der Waals surface area contributed by atoms with Gasteiger partial charge in [-0.1, -0.05) is 0 Å². The number of alkyl halides is 1. The first kappa shape index (κ1) is 8.36. The highest BCUT2D eigenvalue weighted by molar-refractivity contribution is 5.69. The SMILES string of the molecule is CCOC(=O)CC(O)F. The van der Waals surface area contributed by atoms with Crippen molar-refractivity contribution in [1.29, 1.82) is 0 Å². The van der Waals surface area contributed by atoms with E-state index in [1.807, 2.05) is 0 Å². The highest BCUT2D eigenvalue weighted by Crippen LogP contribution is 1.94. The number of hydrogen-bond donors (Lipinski definition) is 1. The zero-order valence-electron chi connectivity index (χ0n) is 5.13. The molecular weight excluding hydrogens is 127 g/mol. The standard InChI is InChI=1S/C5H9FO3/c1-2-9-5(8)3-4(6)7/h4,7H,2-3H2,1H3. The zero-order chi connectivity index (χ0) is 7.28. The Balaban J connectivity index is 3.27. The second-order valence-electron chi connectivity index (χ2n) is 1.44. The third kappa shape index (κ3) is 5.23. The average molecular weight is 136 g/mol. The zero-order valence-corrected chi connectivity index (χ0v) is 5.13. The van der Waals surface area contributed by atoms with Crippen LogP contribution >= 0.6 is 0 Å². The minimum Gasteiger partial charge on any atom is -0.466 e. The molecule has 0 aliphatic rings. The second kappa shape index (κ2) is 4.26. The van der Waals surface area contributed by atoms with Crippen molar-refractivity contribution in [3.8, 4) is 0 Å². The number of halogens is 1. The molecule has 0 amide bonds. The topological polar surface area (TPSA) is 46.5 Å². The predicted octanol–water partition coefficient (Wildman–Crippen LogP) is 0.228. The maximum Gasteiger partial charge on any atom is 0.311 e. The summed E-state index contributed by atoms with van der Waals surface area (Å²) in [5.74, 6) is -0.715. The van der Waals surface area contributed by atoms with Gasteiger partial charge in [-0.25, -0.2) is 4.39 Å². The van der Waals surface area contributed by atoms with Gasteiger partial charge < -0.3 is 9.84 Å². The first-order chi connectivity index (χ1) is 4.16. The van der Waals surface area contributed by atoms with Crippen molar-refractivity contribution in [2.45, 2.75) is 19.7 Å². The van der Waals surface area contributed by atoms with Crippen molar-refractivity contribution in [1.82, 2.24) is 0 Å². The molecule has 3 nitrogen and oxygen atoms in total. The first-order valence-electron chi connectivity index (χ1n) is 2.64. The second-order valence-corrected chi connectivity index (χ2v) is 1.44. The molecule has 0 saturated carbocycles. The van der Waals surface area contributed by atoms with Crippen molar-refractivity contribution in [2.24, 2.45) is 0 Å². The Morgan fingerprint density at radius 3 is 2.78 bits per heavy atom. The van der Waals surface area contributed by atoms with Gasteiger partial charge in [-0.2, -0.15) is 0 Å². The summed E-state index contributed by atoms with van der Waals surface area (Å²) in [6, 6.07) is 0. The molecule has 1 atom stereocenters. The summed E-state index contributed by atoms with van der Waals surface area (Å²) < 4.78 is 15.8. The lowest BCUT2D eigenvalue weighted by Crippen LogP contribution is -2.10. The van der Waals surface area contributed by atoms with Crippen LogP contribution in [0.4, 0.5) is 4.39 Å². The van der Waals surface area contributed by atoms with Gasteiger partial charge >= 0.3 is 5.97 Å². The molecule has 1 N–H and O–H groups in total. The molecule has 54 valence electrons. The van der Waals surface area contributed by atoms with Crippen molar-refractivity contribution >= 4 is 5.97 Å². The van der Waals surface area contributed by atoms with Crippen LogP contribution in [-0.4, -0.2) is 24.0 Å². The Morgan fingerprint density at radius 1 is 1.89 bits per heavy atom. The maximum atomic E-state index is 11.5. The summed E-state index contributed by atoms with van der Waals surface area (Å²) in [6.07, 6.45) is -2.67. The molecule has 0 aromatic heterocycles. The fraction of sp³-hybridized carbons (Fsp3) is 0.800. The smallest absolute Gasteiger partial charge is 0.311 e. The highest BCUT2D eigenvalue weighted by Gasteiger charge is 2.08. The average Bonchev–Trinajstić information content (AvgIpc) is 1.63. The van der Waals surface area contributed by atoms with Crippen LogP contribution in [0.3, 0.4) is 0 Å². The van der Waals surface area contributed by atoms with Crippen LogP contribution in [0.2, 0.25) is 0 Å². The number of hydrogen-bond acceptors (Lipinski definition) is 3. The molecule has 0 heterocycles. The number of carbonyl (C=O) groups excluding carboxylic acids is 1. The Morgan fingerprint density at radius 2 is 2.44 bits per heavy atom.